The number of hydrogen-bond acceptors (Lipinski definition) is 7. The molecule has 10 nitrogen and oxygen atoms in total. The number of para-hydroxylation sites is 1. The van der Waals surface area contributed by atoms with Gasteiger partial charge in [-0.05, 0) is 24.1 Å². The van der Waals surface area contributed by atoms with Crippen molar-refractivity contribution < 1.29 is 14.6 Å². The maximum atomic E-state index is 12.9. The highest BCUT2D eigenvalue weighted by atomic mass is 16.6. The molecule has 0 saturated heterocycles. The van der Waals surface area contributed by atoms with Crippen molar-refractivity contribution >= 4 is 22.5 Å². The normalized spacial score (nSPS) is 20.7. The predicted molar refractivity (Wildman–Crippen MR) is 127 cm³/mol. The number of hydrazone groups is 1. The lowest BCUT2D eigenvalue weighted by Crippen LogP contribution is -2.49. The van der Waals surface area contributed by atoms with Gasteiger partial charge in [0.15, 0.2) is 0 Å². The fourth-order valence-electron chi connectivity index (χ4n) is 4.40. The summed E-state index contributed by atoms with van der Waals surface area (Å²) in [4.78, 5) is 34.7. The number of carbonyl (C=O) groups is 1. The Morgan fingerprint density at radius 3 is 2.44 bits per heavy atom. The quantitative estimate of drug-likeness (QED) is 0.306. The second-order valence-corrected chi connectivity index (χ2v) is 8.40. The Labute approximate surface area is 195 Å². The standard InChI is InChI=1S/C24H25N5O5/c30-24(27-15-14-18-8-4-5-9-22(18)27)13-12-20(17-6-2-1-3-7-17)25-26-21-11-10-19(28(31)32)16-23(21)29(33)34/h1-9,14-15,19,21,23,26H,10-13,16H2. The predicted octanol–water partition coefficient (Wildman–Crippen LogP) is 3.90. The van der Waals surface area contributed by atoms with Crippen LogP contribution in [0.5, 0.6) is 0 Å². The summed E-state index contributed by atoms with van der Waals surface area (Å²) in [5.74, 6) is -0.0838. The lowest BCUT2D eigenvalue weighted by molar-refractivity contribution is -0.570. The molecule has 1 saturated carbocycles. The summed E-state index contributed by atoms with van der Waals surface area (Å²) in [7, 11) is 0. The van der Waals surface area contributed by atoms with E-state index in [9.17, 15) is 25.0 Å². The highest BCUT2D eigenvalue weighted by Gasteiger charge is 2.43. The maximum absolute atomic E-state index is 12.9. The van der Waals surface area contributed by atoms with Gasteiger partial charge in [0.05, 0.1) is 17.6 Å². The largest absolute Gasteiger partial charge is 0.300 e. The third-order valence-corrected chi connectivity index (χ3v) is 6.27. The van der Waals surface area contributed by atoms with E-state index in [0.717, 1.165) is 16.5 Å². The summed E-state index contributed by atoms with van der Waals surface area (Å²) in [5, 5.41) is 28.1. The van der Waals surface area contributed by atoms with Crippen LogP contribution in [0.1, 0.15) is 42.5 Å². The number of hydrogen-bond donors (Lipinski definition) is 1. The van der Waals surface area contributed by atoms with Crippen LogP contribution in [0.4, 0.5) is 0 Å². The fraction of sp³-hybridized carbons (Fsp3) is 0.333. The average molecular weight is 463 g/mol. The topological polar surface area (TPSA) is 133 Å². The molecule has 1 heterocycles. The lowest BCUT2D eigenvalue weighted by Gasteiger charge is -2.27. The van der Waals surface area contributed by atoms with E-state index in [2.05, 4.69) is 10.5 Å². The van der Waals surface area contributed by atoms with Crippen molar-refractivity contribution in [3.8, 4) is 0 Å². The first-order chi connectivity index (χ1) is 16.4. The number of carbonyl (C=O) groups excluding carboxylic acids is 1. The minimum Gasteiger partial charge on any atom is -0.300 e. The van der Waals surface area contributed by atoms with Crippen LogP contribution < -0.4 is 5.43 Å². The van der Waals surface area contributed by atoms with Crippen molar-refractivity contribution in [2.24, 2.45) is 5.10 Å². The molecule has 0 aliphatic heterocycles. The molecule has 1 aliphatic rings. The van der Waals surface area contributed by atoms with Crippen LogP contribution in [0.3, 0.4) is 0 Å². The van der Waals surface area contributed by atoms with Crippen molar-refractivity contribution in [2.45, 2.75) is 50.2 Å². The van der Waals surface area contributed by atoms with E-state index in [1.54, 1.807) is 10.8 Å². The van der Waals surface area contributed by atoms with Crippen LogP contribution in [-0.4, -0.2) is 44.2 Å². The molecule has 1 N–H and O–H groups in total. The molecule has 2 aromatic carbocycles. The van der Waals surface area contributed by atoms with Gasteiger partial charge < -0.3 is 0 Å². The van der Waals surface area contributed by atoms with Crippen LogP contribution in [0.2, 0.25) is 0 Å². The molecule has 1 aromatic heterocycles. The fourth-order valence-corrected chi connectivity index (χ4v) is 4.40. The molecule has 1 aliphatic carbocycles. The van der Waals surface area contributed by atoms with Gasteiger partial charge in [0.1, 0.15) is 6.04 Å². The zero-order valence-corrected chi connectivity index (χ0v) is 18.4. The molecular formula is C24H25N5O5. The zero-order valence-electron chi connectivity index (χ0n) is 18.4. The summed E-state index contributed by atoms with van der Waals surface area (Å²) >= 11 is 0. The van der Waals surface area contributed by atoms with E-state index in [-0.39, 0.29) is 31.6 Å². The first kappa shape index (κ1) is 23.1. The van der Waals surface area contributed by atoms with Crippen molar-refractivity contribution in [1.29, 1.82) is 0 Å². The van der Waals surface area contributed by atoms with Crippen LogP contribution in [0.15, 0.2) is 72.0 Å². The van der Waals surface area contributed by atoms with E-state index >= 15 is 0 Å². The molecule has 0 radical (unpaired) electrons. The van der Waals surface area contributed by atoms with Crippen LogP contribution in [0, 0.1) is 20.2 Å². The van der Waals surface area contributed by atoms with E-state index in [4.69, 9.17) is 0 Å². The number of fused-ring (bicyclic) bond motifs is 1. The second-order valence-electron chi connectivity index (χ2n) is 8.40. The summed E-state index contributed by atoms with van der Waals surface area (Å²) in [5.41, 5.74) is 5.14. The highest BCUT2D eigenvalue weighted by Crippen LogP contribution is 2.24. The summed E-state index contributed by atoms with van der Waals surface area (Å²) < 4.78 is 1.62. The van der Waals surface area contributed by atoms with Crippen molar-refractivity contribution in [3.63, 3.8) is 0 Å². The lowest BCUT2D eigenvalue weighted by atomic mass is 9.88. The molecule has 0 amide bonds. The van der Waals surface area contributed by atoms with Gasteiger partial charge in [0, 0.05) is 40.7 Å². The minimum atomic E-state index is -1.10. The van der Waals surface area contributed by atoms with Gasteiger partial charge in [-0.2, -0.15) is 5.10 Å². The van der Waals surface area contributed by atoms with Gasteiger partial charge >= 0.3 is 0 Å². The van der Waals surface area contributed by atoms with Crippen LogP contribution >= 0.6 is 0 Å². The molecule has 1 fully saturated rings. The van der Waals surface area contributed by atoms with Gasteiger partial charge in [0.2, 0.25) is 18.0 Å². The monoisotopic (exact) mass is 463 g/mol. The summed E-state index contributed by atoms with van der Waals surface area (Å²) in [6.07, 6.45) is 2.67. The summed E-state index contributed by atoms with van der Waals surface area (Å²) in [6.45, 7) is 0. The zero-order chi connectivity index (χ0) is 24.1. The van der Waals surface area contributed by atoms with Gasteiger partial charge in [0.25, 0.3) is 0 Å². The van der Waals surface area contributed by atoms with Gasteiger partial charge in [-0.1, -0.05) is 48.5 Å². The van der Waals surface area contributed by atoms with Crippen molar-refractivity contribution in [1.82, 2.24) is 9.99 Å². The Morgan fingerprint density at radius 2 is 1.71 bits per heavy atom. The second kappa shape index (κ2) is 10.2. The molecule has 0 bridgehead atoms. The Hall–Kier alpha value is -4.08. The number of nitrogens with one attached hydrogen (secondary N) is 1. The third-order valence-electron chi connectivity index (χ3n) is 6.27. The molecule has 3 atom stereocenters. The van der Waals surface area contributed by atoms with Crippen LogP contribution in [-0.2, 0) is 0 Å². The Morgan fingerprint density at radius 1 is 0.971 bits per heavy atom. The van der Waals surface area contributed by atoms with E-state index < -0.39 is 28.0 Å². The van der Waals surface area contributed by atoms with Gasteiger partial charge in [-0.15, -0.1) is 0 Å². The molecule has 4 rings (SSSR count). The molecule has 0 spiro atoms. The first-order valence-electron chi connectivity index (χ1n) is 11.2. The van der Waals surface area contributed by atoms with Crippen LogP contribution in [0.25, 0.3) is 10.9 Å². The maximum Gasteiger partial charge on any atom is 0.241 e. The first-order valence-corrected chi connectivity index (χ1v) is 11.2. The SMILES string of the molecule is O=C(CCC(=NNC1CCC([N+](=O)[O-])CC1[N+](=O)[O-])c1ccccc1)n1ccc2ccccc21. The molecule has 3 aromatic rings. The highest BCUT2D eigenvalue weighted by molar-refractivity contribution is 6.02. The Bertz CT molecular complexity index is 1220. The molecule has 34 heavy (non-hydrogen) atoms. The number of benzene rings is 2. The van der Waals surface area contributed by atoms with E-state index in [1.807, 2.05) is 60.7 Å². The van der Waals surface area contributed by atoms with Crippen molar-refractivity contribution in [2.75, 3.05) is 0 Å². The summed E-state index contributed by atoms with van der Waals surface area (Å²) in [6, 6.07) is 16.2. The molecule has 3 unspecified atom stereocenters. The van der Waals surface area contributed by atoms with Gasteiger partial charge in [-0.3, -0.25) is 35.0 Å². The number of nitro groups is 2. The Kier molecular flexibility index (Phi) is 6.95. The third kappa shape index (κ3) is 5.11. The molecular weight excluding hydrogens is 438 g/mol. The van der Waals surface area contributed by atoms with E-state index in [0.29, 0.717) is 12.1 Å². The minimum absolute atomic E-state index is 0.0838. The number of nitrogens with zero attached hydrogens (tertiary/aromatic N) is 4. The number of rotatable bonds is 8. The Balaban J connectivity index is 1.50. The average Bonchev–Trinajstić information content (AvgIpc) is 3.28. The molecule has 176 valence electrons. The molecule has 10 heteroatoms. The smallest absolute Gasteiger partial charge is 0.241 e. The van der Waals surface area contributed by atoms with Gasteiger partial charge in [-0.25, -0.2) is 0 Å². The van der Waals surface area contributed by atoms with E-state index in [1.165, 1.54) is 0 Å². The van der Waals surface area contributed by atoms with Crippen molar-refractivity contribution in [3.05, 3.63) is 92.7 Å². The number of aromatic nitrogens is 1.